The predicted molar refractivity (Wildman–Crippen MR) is 101 cm³/mol. The van der Waals surface area contributed by atoms with Crippen LogP contribution in [0.15, 0.2) is 12.7 Å². The van der Waals surface area contributed by atoms with Gasteiger partial charge in [0.25, 0.3) is 0 Å². The summed E-state index contributed by atoms with van der Waals surface area (Å²) in [4.78, 5) is 11.6. The quantitative estimate of drug-likeness (QED) is 0.154. The molecule has 0 aromatic rings. The lowest BCUT2D eigenvalue weighted by Crippen LogP contribution is -2.05. The van der Waals surface area contributed by atoms with Gasteiger partial charge in [-0.05, 0) is 25.7 Å². The van der Waals surface area contributed by atoms with Crippen molar-refractivity contribution in [2.75, 3.05) is 6.61 Å². The monoisotopic (exact) mass is 324 g/mol. The Morgan fingerprint density at radius 2 is 1.30 bits per heavy atom. The minimum absolute atomic E-state index is 0.00276. The number of esters is 1. The van der Waals surface area contributed by atoms with Crippen LogP contribution in [0.4, 0.5) is 0 Å². The second-order valence-corrected chi connectivity index (χ2v) is 6.64. The average Bonchev–Trinajstić information content (AvgIpc) is 2.55. The van der Waals surface area contributed by atoms with Crippen LogP contribution in [0.1, 0.15) is 110 Å². The van der Waals surface area contributed by atoms with E-state index in [1.807, 2.05) is 6.08 Å². The van der Waals surface area contributed by atoms with E-state index in [4.69, 9.17) is 4.74 Å². The molecule has 2 nitrogen and oxygen atoms in total. The molecule has 136 valence electrons. The van der Waals surface area contributed by atoms with E-state index in [1.54, 1.807) is 0 Å². The van der Waals surface area contributed by atoms with Crippen LogP contribution >= 0.6 is 0 Å². The molecule has 0 aliphatic rings. The average molecular weight is 325 g/mol. The molecule has 0 spiro atoms. The summed E-state index contributed by atoms with van der Waals surface area (Å²) in [5.74, 6) is 0.00276. The zero-order chi connectivity index (χ0) is 17.0. The van der Waals surface area contributed by atoms with Crippen molar-refractivity contribution >= 4 is 5.97 Å². The molecule has 0 saturated heterocycles. The van der Waals surface area contributed by atoms with Gasteiger partial charge in [0, 0.05) is 6.42 Å². The number of unbranched alkanes of at least 4 members (excludes halogenated alkanes) is 13. The second-order valence-electron chi connectivity index (χ2n) is 6.64. The van der Waals surface area contributed by atoms with Crippen LogP contribution in [-0.2, 0) is 9.53 Å². The third-order valence-electron chi connectivity index (χ3n) is 4.30. The predicted octanol–water partition coefficient (Wildman–Crippen LogP) is 6.98. The summed E-state index contributed by atoms with van der Waals surface area (Å²) in [5, 5.41) is 0. The summed E-state index contributed by atoms with van der Waals surface area (Å²) in [7, 11) is 0. The van der Waals surface area contributed by atoms with Gasteiger partial charge in [0.15, 0.2) is 0 Å². The van der Waals surface area contributed by atoms with E-state index in [2.05, 4.69) is 13.5 Å². The smallest absolute Gasteiger partial charge is 0.305 e. The first-order valence-electron chi connectivity index (χ1n) is 10.1. The molecule has 0 aromatic carbocycles. The summed E-state index contributed by atoms with van der Waals surface area (Å²) in [6, 6.07) is 0. The van der Waals surface area contributed by atoms with Gasteiger partial charge in [-0.25, -0.2) is 0 Å². The Labute approximate surface area is 145 Å². The van der Waals surface area contributed by atoms with Gasteiger partial charge in [-0.15, -0.1) is 6.58 Å². The zero-order valence-electron chi connectivity index (χ0n) is 15.6. The Hall–Kier alpha value is -0.790. The van der Waals surface area contributed by atoms with Crippen molar-refractivity contribution in [1.82, 2.24) is 0 Å². The molecule has 0 heterocycles. The molecule has 0 aromatic heterocycles. The van der Waals surface area contributed by atoms with Crippen molar-refractivity contribution in [3.8, 4) is 0 Å². The van der Waals surface area contributed by atoms with Crippen LogP contribution in [0.3, 0.4) is 0 Å². The molecule has 0 amide bonds. The lowest BCUT2D eigenvalue weighted by atomic mass is 10.1. The Balaban J connectivity index is 3.14. The lowest BCUT2D eigenvalue weighted by molar-refractivity contribution is -0.143. The molecule has 2 heteroatoms. The molecule has 0 fully saturated rings. The fraction of sp³-hybridized carbons (Fsp3) is 0.857. The minimum Gasteiger partial charge on any atom is -0.466 e. The van der Waals surface area contributed by atoms with Gasteiger partial charge in [-0.3, -0.25) is 4.79 Å². The van der Waals surface area contributed by atoms with Crippen molar-refractivity contribution in [2.45, 2.75) is 110 Å². The first kappa shape index (κ1) is 22.2. The normalized spacial score (nSPS) is 10.7. The molecular formula is C21H40O2. The fourth-order valence-electron chi connectivity index (χ4n) is 2.76. The van der Waals surface area contributed by atoms with Crippen LogP contribution in [0.5, 0.6) is 0 Å². The van der Waals surface area contributed by atoms with Crippen LogP contribution in [0.2, 0.25) is 0 Å². The van der Waals surface area contributed by atoms with Crippen molar-refractivity contribution in [1.29, 1.82) is 0 Å². The van der Waals surface area contributed by atoms with E-state index in [1.165, 1.54) is 77.0 Å². The summed E-state index contributed by atoms with van der Waals surface area (Å²) < 4.78 is 5.30. The second kappa shape index (κ2) is 19.3. The number of hydrogen-bond acceptors (Lipinski definition) is 2. The Bertz CT molecular complexity index is 261. The minimum atomic E-state index is 0.00276. The number of ether oxygens (including phenoxy) is 1. The molecule has 0 rings (SSSR count). The summed E-state index contributed by atoms with van der Waals surface area (Å²) in [6.07, 6.45) is 21.2. The van der Waals surface area contributed by atoms with E-state index in [0.29, 0.717) is 13.0 Å². The maximum atomic E-state index is 11.6. The van der Waals surface area contributed by atoms with E-state index in [-0.39, 0.29) is 5.97 Å². The number of carbonyl (C=O) groups is 1. The summed E-state index contributed by atoms with van der Waals surface area (Å²) >= 11 is 0. The zero-order valence-corrected chi connectivity index (χ0v) is 15.6. The molecule has 0 atom stereocenters. The standard InChI is InChI=1S/C21H40O2/c1-3-5-7-9-11-12-14-16-18-20-23-21(22)19-17-15-13-10-8-6-4-2/h3H,1,4-20H2,2H3. The molecule has 0 radical (unpaired) electrons. The van der Waals surface area contributed by atoms with E-state index in [9.17, 15) is 4.79 Å². The first-order valence-corrected chi connectivity index (χ1v) is 10.1. The van der Waals surface area contributed by atoms with Gasteiger partial charge < -0.3 is 4.74 Å². The first-order chi connectivity index (χ1) is 11.3. The molecule has 0 aliphatic carbocycles. The highest BCUT2D eigenvalue weighted by molar-refractivity contribution is 5.69. The Morgan fingerprint density at radius 3 is 1.91 bits per heavy atom. The highest BCUT2D eigenvalue weighted by atomic mass is 16.5. The van der Waals surface area contributed by atoms with Crippen molar-refractivity contribution in [3.05, 3.63) is 12.7 Å². The van der Waals surface area contributed by atoms with Crippen LogP contribution in [0, 0.1) is 0 Å². The molecule has 23 heavy (non-hydrogen) atoms. The molecule has 0 bridgehead atoms. The fourth-order valence-corrected chi connectivity index (χ4v) is 2.76. The largest absolute Gasteiger partial charge is 0.466 e. The van der Waals surface area contributed by atoms with Crippen molar-refractivity contribution in [2.24, 2.45) is 0 Å². The summed E-state index contributed by atoms with van der Waals surface area (Å²) in [5.41, 5.74) is 0. The lowest BCUT2D eigenvalue weighted by Gasteiger charge is -2.05. The maximum absolute atomic E-state index is 11.6. The number of allylic oxidation sites excluding steroid dienone is 1. The van der Waals surface area contributed by atoms with Gasteiger partial charge in [0.05, 0.1) is 6.61 Å². The molecule has 0 aliphatic heterocycles. The number of hydrogen-bond donors (Lipinski definition) is 0. The maximum Gasteiger partial charge on any atom is 0.305 e. The molecular weight excluding hydrogens is 284 g/mol. The van der Waals surface area contributed by atoms with Crippen LogP contribution in [-0.4, -0.2) is 12.6 Å². The van der Waals surface area contributed by atoms with E-state index >= 15 is 0 Å². The molecule has 0 N–H and O–H groups in total. The number of rotatable bonds is 18. The molecule has 0 unspecified atom stereocenters. The number of carbonyl (C=O) groups excluding carboxylic acids is 1. The molecule has 0 saturated carbocycles. The van der Waals surface area contributed by atoms with Gasteiger partial charge in [-0.1, -0.05) is 83.6 Å². The van der Waals surface area contributed by atoms with Gasteiger partial charge in [0.2, 0.25) is 0 Å². The highest BCUT2D eigenvalue weighted by Gasteiger charge is 2.02. The summed E-state index contributed by atoms with van der Waals surface area (Å²) in [6.45, 7) is 6.59. The third-order valence-corrected chi connectivity index (χ3v) is 4.30. The third kappa shape index (κ3) is 19.2. The SMILES string of the molecule is C=CCCCCCCCCCOC(=O)CCCCCCCCC. The van der Waals surface area contributed by atoms with Crippen LogP contribution in [0.25, 0.3) is 0 Å². The van der Waals surface area contributed by atoms with Gasteiger partial charge in [0.1, 0.15) is 0 Å². The van der Waals surface area contributed by atoms with Gasteiger partial charge in [-0.2, -0.15) is 0 Å². The highest BCUT2D eigenvalue weighted by Crippen LogP contribution is 2.10. The topological polar surface area (TPSA) is 26.3 Å². The van der Waals surface area contributed by atoms with Crippen LogP contribution < -0.4 is 0 Å². The van der Waals surface area contributed by atoms with E-state index < -0.39 is 0 Å². The Kier molecular flexibility index (Phi) is 18.6. The Morgan fingerprint density at radius 1 is 0.783 bits per heavy atom. The van der Waals surface area contributed by atoms with E-state index in [0.717, 1.165) is 19.3 Å². The van der Waals surface area contributed by atoms with Crippen molar-refractivity contribution in [3.63, 3.8) is 0 Å². The van der Waals surface area contributed by atoms with Gasteiger partial charge >= 0.3 is 5.97 Å². The van der Waals surface area contributed by atoms with Crippen molar-refractivity contribution < 1.29 is 9.53 Å².